The van der Waals surface area contributed by atoms with Gasteiger partial charge in [-0.1, -0.05) is 24.6 Å². The van der Waals surface area contributed by atoms with E-state index in [1.54, 1.807) is 0 Å². The molecule has 0 spiro atoms. The quantitative estimate of drug-likeness (QED) is 0.858. The Balaban J connectivity index is 2.14. The van der Waals surface area contributed by atoms with E-state index in [2.05, 4.69) is 26.8 Å². The summed E-state index contributed by atoms with van der Waals surface area (Å²) in [6.07, 6.45) is 2.77. The van der Waals surface area contributed by atoms with Crippen molar-refractivity contribution in [2.24, 2.45) is 11.8 Å². The summed E-state index contributed by atoms with van der Waals surface area (Å²) in [4.78, 5) is 10.9. The van der Waals surface area contributed by atoms with Gasteiger partial charge in [0, 0.05) is 5.02 Å². The van der Waals surface area contributed by atoms with Gasteiger partial charge in [-0.15, -0.1) is 0 Å². The smallest absolute Gasteiger partial charge is 0.306 e. The van der Waals surface area contributed by atoms with E-state index in [0.717, 1.165) is 24.3 Å². The van der Waals surface area contributed by atoms with Crippen LogP contribution in [-0.2, 0) is 4.79 Å². The Morgan fingerprint density at radius 3 is 2.58 bits per heavy atom. The van der Waals surface area contributed by atoms with E-state index in [4.69, 9.17) is 16.7 Å². The molecule has 104 valence electrons. The molecule has 2 nitrogen and oxygen atoms in total. The van der Waals surface area contributed by atoms with Crippen LogP contribution in [0.5, 0.6) is 0 Å². The van der Waals surface area contributed by atoms with Crippen molar-refractivity contribution in [3.05, 3.63) is 33.8 Å². The highest BCUT2D eigenvalue weighted by Crippen LogP contribution is 2.47. The molecule has 0 heterocycles. The lowest BCUT2D eigenvalue weighted by Gasteiger charge is -2.18. The van der Waals surface area contributed by atoms with Gasteiger partial charge >= 0.3 is 5.97 Å². The molecule has 3 unspecified atom stereocenters. The maximum Gasteiger partial charge on any atom is 0.306 e. The van der Waals surface area contributed by atoms with E-state index in [1.807, 2.05) is 6.07 Å². The van der Waals surface area contributed by atoms with Crippen LogP contribution in [0.3, 0.4) is 0 Å². The van der Waals surface area contributed by atoms with Crippen molar-refractivity contribution in [2.45, 2.75) is 46.0 Å². The number of carboxylic acids is 1. The van der Waals surface area contributed by atoms with Gasteiger partial charge in [-0.3, -0.25) is 4.79 Å². The van der Waals surface area contributed by atoms with Crippen LogP contribution < -0.4 is 0 Å². The Hall–Kier alpha value is -1.02. The first kappa shape index (κ1) is 14.4. The summed E-state index contributed by atoms with van der Waals surface area (Å²) in [5.74, 6) is -0.0633. The van der Waals surface area contributed by atoms with Gasteiger partial charge in [0.15, 0.2) is 0 Å². The SMILES string of the molecule is CCC(CC1CC1C(=O)O)c1cc(C)c(C)cc1Cl. The van der Waals surface area contributed by atoms with Crippen LogP contribution in [0.15, 0.2) is 12.1 Å². The first-order chi connectivity index (χ1) is 8.93. The zero-order chi connectivity index (χ0) is 14.2. The van der Waals surface area contributed by atoms with Gasteiger partial charge in [0.1, 0.15) is 0 Å². The molecule has 0 bridgehead atoms. The number of hydrogen-bond acceptors (Lipinski definition) is 1. The average Bonchev–Trinajstić information content (AvgIpc) is 3.10. The molecule has 0 saturated heterocycles. The minimum Gasteiger partial charge on any atom is -0.481 e. The largest absolute Gasteiger partial charge is 0.481 e. The zero-order valence-corrected chi connectivity index (χ0v) is 12.5. The van der Waals surface area contributed by atoms with Crippen LogP contribution in [0.2, 0.25) is 5.02 Å². The molecule has 1 fully saturated rings. The van der Waals surface area contributed by atoms with Gasteiger partial charge in [0.25, 0.3) is 0 Å². The van der Waals surface area contributed by atoms with Crippen LogP contribution in [0.4, 0.5) is 0 Å². The average molecular weight is 281 g/mol. The van der Waals surface area contributed by atoms with Gasteiger partial charge < -0.3 is 5.11 Å². The Labute approximate surface area is 119 Å². The summed E-state index contributed by atoms with van der Waals surface area (Å²) in [6.45, 7) is 6.31. The minimum atomic E-state index is -0.647. The summed E-state index contributed by atoms with van der Waals surface area (Å²) in [5.41, 5.74) is 3.64. The van der Waals surface area contributed by atoms with Crippen molar-refractivity contribution < 1.29 is 9.90 Å². The molecular formula is C16H21ClO2. The van der Waals surface area contributed by atoms with Crippen LogP contribution in [0.25, 0.3) is 0 Å². The van der Waals surface area contributed by atoms with Crippen molar-refractivity contribution >= 4 is 17.6 Å². The first-order valence-corrected chi connectivity index (χ1v) is 7.31. The van der Waals surface area contributed by atoms with E-state index < -0.39 is 5.97 Å². The van der Waals surface area contributed by atoms with Crippen LogP contribution in [0, 0.1) is 25.7 Å². The standard InChI is InChI=1S/C16H21ClO2/c1-4-11(7-12-8-14(12)16(18)19)13-5-9(2)10(3)6-15(13)17/h5-6,11-12,14H,4,7-8H2,1-3H3,(H,18,19). The van der Waals surface area contributed by atoms with E-state index >= 15 is 0 Å². The fourth-order valence-electron chi connectivity index (χ4n) is 2.81. The third-order valence-corrected chi connectivity index (χ3v) is 4.70. The Kier molecular flexibility index (Phi) is 4.19. The normalized spacial score (nSPS) is 23.2. The number of halogens is 1. The molecule has 0 aliphatic heterocycles. The second kappa shape index (κ2) is 5.54. The molecule has 1 aromatic rings. The van der Waals surface area contributed by atoms with Gasteiger partial charge in [0.05, 0.1) is 5.92 Å². The second-order valence-electron chi connectivity index (χ2n) is 5.74. The molecule has 0 radical (unpaired) electrons. The van der Waals surface area contributed by atoms with Crippen LogP contribution >= 0.6 is 11.6 Å². The van der Waals surface area contributed by atoms with E-state index in [1.165, 1.54) is 16.7 Å². The summed E-state index contributed by atoms with van der Waals surface area (Å²) in [5, 5.41) is 9.81. The number of benzene rings is 1. The Morgan fingerprint density at radius 1 is 1.42 bits per heavy atom. The minimum absolute atomic E-state index is 0.126. The molecule has 19 heavy (non-hydrogen) atoms. The Morgan fingerprint density at radius 2 is 2.05 bits per heavy atom. The number of aryl methyl sites for hydroxylation is 2. The second-order valence-corrected chi connectivity index (χ2v) is 6.15. The highest BCUT2D eigenvalue weighted by molar-refractivity contribution is 6.31. The van der Waals surface area contributed by atoms with Crippen molar-refractivity contribution in [3.8, 4) is 0 Å². The van der Waals surface area contributed by atoms with E-state index in [9.17, 15) is 4.79 Å². The molecular weight excluding hydrogens is 260 g/mol. The monoisotopic (exact) mass is 280 g/mol. The lowest BCUT2D eigenvalue weighted by Crippen LogP contribution is -2.05. The third kappa shape index (κ3) is 3.11. The number of rotatable bonds is 5. The summed E-state index contributed by atoms with van der Waals surface area (Å²) < 4.78 is 0. The maximum absolute atomic E-state index is 10.9. The summed E-state index contributed by atoms with van der Waals surface area (Å²) >= 11 is 6.36. The molecule has 1 saturated carbocycles. The third-order valence-electron chi connectivity index (χ3n) is 4.37. The van der Waals surface area contributed by atoms with Crippen molar-refractivity contribution in [1.82, 2.24) is 0 Å². The predicted octanol–water partition coefficient (Wildman–Crippen LogP) is 4.56. The van der Waals surface area contributed by atoms with Gasteiger partial charge in [-0.05, 0) is 67.7 Å². The van der Waals surface area contributed by atoms with Crippen molar-refractivity contribution in [1.29, 1.82) is 0 Å². The lowest BCUT2D eigenvalue weighted by molar-refractivity contribution is -0.138. The Bertz CT molecular complexity index is 496. The lowest BCUT2D eigenvalue weighted by atomic mass is 9.89. The molecule has 3 atom stereocenters. The van der Waals surface area contributed by atoms with Crippen LogP contribution in [0.1, 0.15) is 48.8 Å². The molecule has 1 N–H and O–H groups in total. The molecule has 2 rings (SSSR count). The fourth-order valence-corrected chi connectivity index (χ4v) is 3.18. The van der Waals surface area contributed by atoms with Gasteiger partial charge in [0.2, 0.25) is 0 Å². The predicted molar refractivity (Wildman–Crippen MR) is 77.8 cm³/mol. The fraction of sp³-hybridized carbons (Fsp3) is 0.562. The summed E-state index contributed by atoms with van der Waals surface area (Å²) in [7, 11) is 0. The number of carbonyl (C=O) groups is 1. The number of aliphatic carboxylic acids is 1. The maximum atomic E-state index is 10.9. The molecule has 1 aliphatic carbocycles. The first-order valence-electron chi connectivity index (χ1n) is 6.93. The van der Waals surface area contributed by atoms with Gasteiger partial charge in [-0.2, -0.15) is 0 Å². The molecule has 0 aromatic heterocycles. The molecule has 1 aromatic carbocycles. The highest BCUT2D eigenvalue weighted by atomic mass is 35.5. The van der Waals surface area contributed by atoms with Crippen LogP contribution in [-0.4, -0.2) is 11.1 Å². The number of carboxylic acid groups (broad SMARTS) is 1. The topological polar surface area (TPSA) is 37.3 Å². The highest BCUT2D eigenvalue weighted by Gasteiger charge is 2.44. The van der Waals surface area contributed by atoms with Crippen molar-refractivity contribution in [2.75, 3.05) is 0 Å². The zero-order valence-electron chi connectivity index (χ0n) is 11.7. The van der Waals surface area contributed by atoms with Crippen molar-refractivity contribution in [3.63, 3.8) is 0 Å². The molecule has 0 amide bonds. The van der Waals surface area contributed by atoms with Gasteiger partial charge in [-0.25, -0.2) is 0 Å². The number of hydrogen-bond donors (Lipinski definition) is 1. The molecule has 1 aliphatic rings. The van der Waals surface area contributed by atoms with E-state index in [-0.39, 0.29) is 5.92 Å². The summed E-state index contributed by atoms with van der Waals surface area (Å²) in [6, 6.07) is 4.19. The molecule has 3 heteroatoms. The van der Waals surface area contributed by atoms with E-state index in [0.29, 0.717) is 11.8 Å².